The Hall–Kier alpha value is -3.09. The summed E-state index contributed by atoms with van der Waals surface area (Å²) in [5.74, 6) is 0.445. The van der Waals surface area contributed by atoms with Crippen molar-refractivity contribution in [2.75, 3.05) is 11.5 Å². The van der Waals surface area contributed by atoms with Gasteiger partial charge in [-0.2, -0.15) is 0 Å². The molecule has 3 aromatic carbocycles. The molecule has 2 heterocycles. The molecule has 0 spiro atoms. The van der Waals surface area contributed by atoms with Crippen LogP contribution in [0.4, 0.5) is 5.69 Å². The van der Waals surface area contributed by atoms with Crippen molar-refractivity contribution in [3.63, 3.8) is 0 Å². The highest BCUT2D eigenvalue weighted by Crippen LogP contribution is 2.42. The van der Waals surface area contributed by atoms with Crippen LogP contribution in [-0.2, 0) is 0 Å². The van der Waals surface area contributed by atoms with Gasteiger partial charge in [0.1, 0.15) is 11.3 Å². The van der Waals surface area contributed by atoms with Gasteiger partial charge in [-0.25, -0.2) is 0 Å². The Morgan fingerprint density at radius 2 is 1.81 bits per heavy atom. The molecule has 1 atom stereocenters. The van der Waals surface area contributed by atoms with Crippen LogP contribution in [-0.4, -0.2) is 12.5 Å². The number of amides is 1. The lowest BCUT2D eigenvalue weighted by atomic mass is 9.98. The summed E-state index contributed by atoms with van der Waals surface area (Å²) >= 11 is 9.67. The first-order valence-corrected chi connectivity index (χ1v) is 13.2. The van der Waals surface area contributed by atoms with Crippen LogP contribution in [0.1, 0.15) is 60.3 Å². The Kier molecular flexibility index (Phi) is 7.17. The second-order valence-electron chi connectivity index (χ2n) is 8.85. The van der Waals surface area contributed by atoms with E-state index in [9.17, 15) is 9.59 Å². The van der Waals surface area contributed by atoms with Crippen LogP contribution in [0.3, 0.4) is 0 Å². The molecule has 0 saturated carbocycles. The minimum Gasteiger partial charge on any atom is -0.494 e. The number of unbranched alkanes of at least 4 members (excludes halogenated alkanes) is 3. The maximum atomic E-state index is 13.7. The molecule has 184 valence electrons. The Labute approximate surface area is 222 Å². The van der Waals surface area contributed by atoms with E-state index in [-0.39, 0.29) is 17.1 Å². The number of hydrogen-bond acceptors (Lipinski definition) is 4. The zero-order valence-corrected chi connectivity index (χ0v) is 22.1. The van der Waals surface area contributed by atoms with E-state index in [1.165, 1.54) is 12.8 Å². The molecule has 36 heavy (non-hydrogen) atoms. The third kappa shape index (κ3) is 4.67. The van der Waals surface area contributed by atoms with E-state index in [4.69, 9.17) is 20.8 Å². The fraction of sp³-hybridized carbons (Fsp3) is 0.241. The number of carbonyl (C=O) groups is 1. The normalized spacial score (nSPS) is 14.9. The van der Waals surface area contributed by atoms with E-state index in [0.29, 0.717) is 33.8 Å². The lowest BCUT2D eigenvalue weighted by molar-refractivity contribution is 0.0971. The van der Waals surface area contributed by atoms with Crippen LogP contribution in [0.25, 0.3) is 11.0 Å². The molecular weight excluding hydrogens is 542 g/mol. The minimum absolute atomic E-state index is 0.0519. The molecular formula is C29H25BrClNO4. The number of anilines is 1. The molecule has 0 fully saturated rings. The highest BCUT2D eigenvalue weighted by molar-refractivity contribution is 9.10. The Morgan fingerprint density at radius 3 is 2.56 bits per heavy atom. The summed E-state index contributed by atoms with van der Waals surface area (Å²) < 4.78 is 12.7. The standard InChI is InChI=1S/C29H25BrClNO4/c1-2-3-4-5-15-35-22-12-9-18(10-13-22)26-25-27(33)23-17-20(31)11-14-24(23)36-28(25)29(34)32(26)21-8-6-7-19(30)16-21/h6-14,16-17,26H,2-5,15H2,1H3. The maximum Gasteiger partial charge on any atom is 0.295 e. The fourth-order valence-electron chi connectivity index (χ4n) is 4.62. The summed E-state index contributed by atoms with van der Waals surface area (Å²) in [7, 11) is 0. The summed E-state index contributed by atoms with van der Waals surface area (Å²) in [6, 6.07) is 19.2. The van der Waals surface area contributed by atoms with Gasteiger partial charge >= 0.3 is 0 Å². The van der Waals surface area contributed by atoms with E-state index in [2.05, 4.69) is 22.9 Å². The number of halogens is 2. The Morgan fingerprint density at radius 1 is 1.00 bits per heavy atom. The minimum atomic E-state index is -0.653. The van der Waals surface area contributed by atoms with Crippen LogP contribution in [0.15, 0.2) is 80.4 Å². The number of nitrogens with zero attached hydrogens (tertiary/aromatic N) is 1. The van der Waals surface area contributed by atoms with E-state index >= 15 is 0 Å². The van der Waals surface area contributed by atoms with Crippen LogP contribution >= 0.6 is 27.5 Å². The summed E-state index contributed by atoms with van der Waals surface area (Å²) in [4.78, 5) is 29.0. The number of rotatable bonds is 8. The second-order valence-corrected chi connectivity index (χ2v) is 10.2. The van der Waals surface area contributed by atoms with Crippen LogP contribution in [0, 0.1) is 0 Å². The van der Waals surface area contributed by atoms with Gasteiger partial charge in [0, 0.05) is 15.2 Å². The molecule has 0 radical (unpaired) electrons. The Balaban J connectivity index is 1.58. The molecule has 0 bridgehead atoms. The predicted molar refractivity (Wildman–Crippen MR) is 146 cm³/mol. The van der Waals surface area contributed by atoms with Gasteiger partial charge in [0.05, 0.1) is 23.6 Å². The maximum absolute atomic E-state index is 13.7. The van der Waals surface area contributed by atoms with Crippen LogP contribution < -0.4 is 15.1 Å². The molecule has 0 saturated heterocycles. The van der Waals surface area contributed by atoms with E-state index < -0.39 is 6.04 Å². The number of hydrogen-bond donors (Lipinski definition) is 0. The lowest BCUT2D eigenvalue weighted by Gasteiger charge is -2.25. The number of carbonyl (C=O) groups excluding carboxylic acids is 1. The first kappa shape index (κ1) is 24.6. The zero-order valence-electron chi connectivity index (χ0n) is 19.8. The van der Waals surface area contributed by atoms with Crippen molar-refractivity contribution in [1.29, 1.82) is 0 Å². The van der Waals surface area contributed by atoms with Gasteiger partial charge in [0.15, 0.2) is 5.43 Å². The average Bonchev–Trinajstić information content (AvgIpc) is 3.17. The van der Waals surface area contributed by atoms with E-state index in [1.54, 1.807) is 23.1 Å². The van der Waals surface area contributed by atoms with Gasteiger partial charge in [-0.1, -0.05) is 71.9 Å². The average molecular weight is 567 g/mol. The summed E-state index contributed by atoms with van der Waals surface area (Å²) in [5.41, 5.74) is 1.82. The third-order valence-electron chi connectivity index (χ3n) is 6.38. The SMILES string of the molecule is CCCCCCOc1ccc(C2c3c(oc4ccc(Cl)cc4c3=O)C(=O)N2c2cccc(Br)c2)cc1. The van der Waals surface area contributed by atoms with Crippen molar-refractivity contribution in [1.82, 2.24) is 0 Å². The topological polar surface area (TPSA) is 59.8 Å². The first-order valence-electron chi connectivity index (χ1n) is 12.1. The number of ether oxygens (including phenoxy) is 1. The van der Waals surface area contributed by atoms with Crippen molar-refractivity contribution < 1.29 is 13.9 Å². The molecule has 1 aliphatic rings. The quantitative estimate of drug-likeness (QED) is 0.203. The fourth-order valence-corrected chi connectivity index (χ4v) is 5.18. The van der Waals surface area contributed by atoms with Gasteiger partial charge in [-0.15, -0.1) is 0 Å². The molecule has 1 aromatic heterocycles. The summed E-state index contributed by atoms with van der Waals surface area (Å²) in [6.45, 7) is 2.84. The molecule has 1 unspecified atom stereocenters. The smallest absolute Gasteiger partial charge is 0.295 e. The van der Waals surface area contributed by atoms with E-state index in [0.717, 1.165) is 28.6 Å². The highest BCUT2D eigenvalue weighted by Gasteiger charge is 2.43. The molecule has 7 heteroatoms. The van der Waals surface area contributed by atoms with E-state index in [1.807, 2.05) is 48.5 Å². The summed E-state index contributed by atoms with van der Waals surface area (Å²) in [5, 5.41) is 0.780. The second kappa shape index (κ2) is 10.5. The number of benzene rings is 3. The number of fused-ring (bicyclic) bond motifs is 2. The van der Waals surface area contributed by atoms with Crippen molar-refractivity contribution >= 4 is 50.1 Å². The Bertz CT molecular complexity index is 1480. The molecule has 1 amide bonds. The van der Waals surface area contributed by atoms with Gasteiger partial charge < -0.3 is 9.15 Å². The van der Waals surface area contributed by atoms with Crippen molar-refractivity contribution in [3.8, 4) is 5.75 Å². The molecule has 0 aliphatic carbocycles. The molecule has 0 N–H and O–H groups in total. The molecule has 5 nitrogen and oxygen atoms in total. The molecule has 1 aliphatic heterocycles. The zero-order chi connectivity index (χ0) is 25.2. The molecule has 5 rings (SSSR count). The van der Waals surface area contributed by atoms with Gasteiger partial charge in [-0.05, 0) is 60.5 Å². The highest BCUT2D eigenvalue weighted by atomic mass is 79.9. The van der Waals surface area contributed by atoms with Crippen molar-refractivity contribution in [2.45, 2.75) is 38.6 Å². The van der Waals surface area contributed by atoms with Gasteiger partial charge in [-0.3, -0.25) is 14.5 Å². The van der Waals surface area contributed by atoms with Crippen LogP contribution in [0.5, 0.6) is 5.75 Å². The monoisotopic (exact) mass is 565 g/mol. The van der Waals surface area contributed by atoms with Gasteiger partial charge in [0.25, 0.3) is 5.91 Å². The molecule has 4 aromatic rings. The van der Waals surface area contributed by atoms with Crippen molar-refractivity contribution in [3.05, 3.63) is 103 Å². The third-order valence-corrected chi connectivity index (χ3v) is 7.11. The largest absolute Gasteiger partial charge is 0.494 e. The summed E-state index contributed by atoms with van der Waals surface area (Å²) in [6.07, 6.45) is 4.53. The predicted octanol–water partition coefficient (Wildman–Crippen LogP) is 7.92. The van der Waals surface area contributed by atoms with Gasteiger partial charge in [0.2, 0.25) is 5.76 Å². The van der Waals surface area contributed by atoms with Crippen LogP contribution in [0.2, 0.25) is 5.02 Å². The first-order chi connectivity index (χ1) is 17.5. The lowest BCUT2D eigenvalue weighted by Crippen LogP contribution is -2.29. The van der Waals surface area contributed by atoms with Crippen molar-refractivity contribution in [2.24, 2.45) is 0 Å².